The lowest BCUT2D eigenvalue weighted by atomic mass is 10.0. The molecule has 0 radical (unpaired) electrons. The number of rotatable bonds is 44. The fourth-order valence-corrected chi connectivity index (χ4v) is 7.88. The van der Waals surface area contributed by atoms with Crippen molar-refractivity contribution < 1.29 is 32.9 Å². The van der Waals surface area contributed by atoms with Crippen molar-refractivity contribution in [1.82, 2.24) is 5.32 Å². The van der Waals surface area contributed by atoms with Crippen LogP contribution in [0.25, 0.3) is 0 Å². The van der Waals surface area contributed by atoms with Gasteiger partial charge < -0.3 is 28.8 Å². The molecule has 0 aliphatic rings. The van der Waals surface area contributed by atoms with Crippen LogP contribution in [0.15, 0.2) is 12.2 Å². The second kappa shape index (κ2) is 39.7. The van der Waals surface area contributed by atoms with Gasteiger partial charge >= 0.3 is 0 Å². The number of nitrogens with one attached hydrogen (secondary N) is 1. The molecule has 0 aromatic heterocycles. The van der Waals surface area contributed by atoms with Gasteiger partial charge in [-0.1, -0.05) is 219 Å². The highest BCUT2D eigenvalue weighted by Gasteiger charge is 2.23. The fourth-order valence-electron chi connectivity index (χ4n) is 7.15. The van der Waals surface area contributed by atoms with Gasteiger partial charge in [-0.3, -0.25) is 9.36 Å². The van der Waals surface area contributed by atoms with Crippen LogP contribution in [0.3, 0.4) is 0 Å². The third-order valence-electron chi connectivity index (χ3n) is 11.0. The average Bonchev–Trinajstić information content (AvgIpc) is 3.15. The zero-order chi connectivity index (χ0) is 41.4. The molecule has 0 aliphatic heterocycles. The molecule has 0 aliphatic carbocycles. The van der Waals surface area contributed by atoms with Crippen molar-refractivity contribution in [2.24, 2.45) is 0 Å². The summed E-state index contributed by atoms with van der Waals surface area (Å²) < 4.78 is 23.2. The molecule has 9 heteroatoms. The normalized spacial score (nSPS) is 14.3. The van der Waals surface area contributed by atoms with E-state index in [0.29, 0.717) is 17.4 Å². The molecule has 0 saturated heterocycles. The minimum Gasteiger partial charge on any atom is -0.756 e. The highest BCUT2D eigenvalue weighted by atomic mass is 31.2. The number of carbonyl (C=O) groups excluding carboxylic acids is 1. The third kappa shape index (κ3) is 41.4. The lowest BCUT2D eigenvalue weighted by Crippen LogP contribution is -2.45. The van der Waals surface area contributed by atoms with Crippen LogP contribution in [-0.2, 0) is 18.4 Å². The van der Waals surface area contributed by atoms with Crippen LogP contribution in [0.4, 0.5) is 0 Å². The molecule has 2 N–H and O–H groups in total. The molecule has 0 bridgehead atoms. The van der Waals surface area contributed by atoms with Crippen LogP contribution in [0.1, 0.15) is 232 Å². The first-order chi connectivity index (χ1) is 27.0. The summed E-state index contributed by atoms with van der Waals surface area (Å²) in [6.07, 6.45) is 45.4. The highest BCUT2D eigenvalue weighted by molar-refractivity contribution is 7.45. The monoisotopic (exact) mass is 815 g/mol. The number of unbranched alkanes of at least 4 members (excludes halogenated alkanes) is 31. The summed E-state index contributed by atoms with van der Waals surface area (Å²) in [5.74, 6) is -0.193. The van der Waals surface area contributed by atoms with E-state index in [2.05, 4.69) is 19.2 Å². The Balaban J connectivity index is 4.32. The van der Waals surface area contributed by atoms with Gasteiger partial charge in [-0.05, 0) is 19.3 Å². The zero-order valence-electron chi connectivity index (χ0n) is 37.9. The summed E-state index contributed by atoms with van der Waals surface area (Å²) in [5, 5.41) is 13.8. The number of nitrogens with zero attached hydrogens (tertiary/aromatic N) is 1. The molecule has 1 amide bonds. The number of amides is 1. The standard InChI is InChI=1S/C47H95N2O6P/c1-6-8-10-12-14-16-18-20-22-23-24-25-27-29-31-33-35-37-39-41-47(51)48-45(44-55-56(52,53)54-43-42-49(3,4)5)46(50)40-38-36-34-32-30-28-26-21-19-17-15-13-11-9-7-2/h38,40,45-46,50H,6-37,39,41-44H2,1-5H3,(H-,48,51,52,53)/b40-38+/t45-,46+/m0/s1. The van der Waals surface area contributed by atoms with E-state index in [1.54, 1.807) is 6.08 Å². The van der Waals surface area contributed by atoms with Crippen LogP contribution in [0.2, 0.25) is 0 Å². The number of carbonyl (C=O) groups is 1. The number of likely N-dealkylation sites (N-methyl/N-ethyl adjacent to an activating group) is 1. The van der Waals surface area contributed by atoms with Gasteiger partial charge in [0.05, 0.1) is 39.9 Å². The predicted octanol–water partition coefficient (Wildman–Crippen LogP) is 12.9. The molecule has 0 aromatic carbocycles. The first-order valence-corrected chi connectivity index (χ1v) is 25.5. The number of hydrogen-bond donors (Lipinski definition) is 2. The maximum Gasteiger partial charge on any atom is 0.268 e. The summed E-state index contributed by atoms with van der Waals surface area (Å²) in [5.41, 5.74) is 0. The number of quaternary nitrogens is 1. The molecular weight excluding hydrogens is 719 g/mol. The summed E-state index contributed by atoms with van der Waals surface area (Å²) in [4.78, 5) is 25.3. The smallest absolute Gasteiger partial charge is 0.268 e. The Bertz CT molecular complexity index is 927. The SMILES string of the molecule is CCCCCCCCCCCCCCC/C=C/[C@@H](O)[C@H](COP(=O)([O-])OCC[N+](C)(C)C)NC(=O)CCCCCCCCCCCCCCCCCCCCC. The lowest BCUT2D eigenvalue weighted by Gasteiger charge is -2.29. The molecule has 3 atom stereocenters. The number of allylic oxidation sites excluding steroid dienone is 1. The largest absolute Gasteiger partial charge is 0.756 e. The van der Waals surface area contributed by atoms with Crippen LogP contribution in [0.5, 0.6) is 0 Å². The van der Waals surface area contributed by atoms with Gasteiger partial charge in [0, 0.05) is 6.42 Å². The van der Waals surface area contributed by atoms with E-state index in [1.807, 2.05) is 27.2 Å². The van der Waals surface area contributed by atoms with Gasteiger partial charge in [0.2, 0.25) is 5.91 Å². The molecule has 0 heterocycles. The molecule has 56 heavy (non-hydrogen) atoms. The van der Waals surface area contributed by atoms with Crippen LogP contribution in [0, 0.1) is 0 Å². The second-order valence-electron chi connectivity index (χ2n) is 17.8. The van der Waals surface area contributed by atoms with Gasteiger partial charge in [-0.15, -0.1) is 0 Å². The molecule has 8 nitrogen and oxygen atoms in total. The molecule has 334 valence electrons. The topological polar surface area (TPSA) is 108 Å². The number of phosphoric ester groups is 1. The van der Waals surface area contributed by atoms with Gasteiger partial charge in [0.1, 0.15) is 13.2 Å². The molecule has 0 rings (SSSR count). The van der Waals surface area contributed by atoms with Crippen molar-refractivity contribution in [3.8, 4) is 0 Å². The molecule has 0 fully saturated rings. The summed E-state index contributed by atoms with van der Waals surface area (Å²) in [6.45, 7) is 4.67. The van der Waals surface area contributed by atoms with Crippen molar-refractivity contribution in [3.63, 3.8) is 0 Å². The van der Waals surface area contributed by atoms with Crippen molar-refractivity contribution >= 4 is 13.7 Å². The Morgan fingerprint density at radius 1 is 0.607 bits per heavy atom. The number of aliphatic hydroxyl groups is 1. The third-order valence-corrected chi connectivity index (χ3v) is 12.0. The van der Waals surface area contributed by atoms with Crippen molar-refractivity contribution in [1.29, 1.82) is 0 Å². The zero-order valence-corrected chi connectivity index (χ0v) is 38.7. The minimum absolute atomic E-state index is 0.00227. The summed E-state index contributed by atoms with van der Waals surface area (Å²) >= 11 is 0. The van der Waals surface area contributed by atoms with E-state index >= 15 is 0 Å². The van der Waals surface area contributed by atoms with Gasteiger partial charge in [-0.2, -0.15) is 0 Å². The number of hydrogen-bond acceptors (Lipinski definition) is 6. The Kier molecular flexibility index (Phi) is 39.1. The maximum atomic E-state index is 12.9. The molecule has 1 unspecified atom stereocenters. The molecular formula is C47H95N2O6P. The van der Waals surface area contributed by atoms with Gasteiger partial charge in [-0.25, -0.2) is 0 Å². The lowest BCUT2D eigenvalue weighted by molar-refractivity contribution is -0.870. The van der Waals surface area contributed by atoms with E-state index in [0.717, 1.165) is 38.5 Å². The molecule has 0 aromatic rings. The second-order valence-corrected chi connectivity index (χ2v) is 19.2. The van der Waals surface area contributed by atoms with E-state index in [4.69, 9.17) is 9.05 Å². The first-order valence-electron chi connectivity index (χ1n) is 24.1. The van der Waals surface area contributed by atoms with Gasteiger partial charge in [0.15, 0.2) is 0 Å². The number of phosphoric acid groups is 1. The molecule has 0 spiro atoms. The van der Waals surface area contributed by atoms with E-state index in [9.17, 15) is 19.4 Å². The Morgan fingerprint density at radius 2 is 0.964 bits per heavy atom. The van der Waals surface area contributed by atoms with Gasteiger partial charge in [0.25, 0.3) is 7.82 Å². The number of aliphatic hydroxyl groups excluding tert-OH is 1. The average molecular weight is 815 g/mol. The summed E-state index contributed by atoms with van der Waals surface area (Å²) in [7, 11) is 1.27. The highest BCUT2D eigenvalue weighted by Crippen LogP contribution is 2.38. The van der Waals surface area contributed by atoms with Crippen LogP contribution in [-0.4, -0.2) is 68.5 Å². The minimum atomic E-state index is -4.58. The first kappa shape index (κ1) is 55.2. The van der Waals surface area contributed by atoms with E-state index in [-0.39, 0.29) is 19.1 Å². The van der Waals surface area contributed by atoms with Crippen molar-refractivity contribution in [2.75, 3.05) is 40.9 Å². The Hall–Kier alpha value is -0.760. The quantitative estimate of drug-likeness (QED) is 0.0274. The van der Waals surface area contributed by atoms with E-state index < -0.39 is 20.0 Å². The Morgan fingerprint density at radius 3 is 1.34 bits per heavy atom. The fraction of sp³-hybridized carbons (Fsp3) is 0.936. The van der Waals surface area contributed by atoms with Crippen LogP contribution >= 0.6 is 7.82 Å². The molecule has 0 saturated carbocycles. The summed E-state index contributed by atoms with van der Waals surface area (Å²) in [6, 6.07) is -0.880. The maximum absolute atomic E-state index is 12.9. The van der Waals surface area contributed by atoms with Crippen LogP contribution < -0.4 is 10.2 Å². The predicted molar refractivity (Wildman–Crippen MR) is 238 cm³/mol. The van der Waals surface area contributed by atoms with Crippen molar-refractivity contribution in [3.05, 3.63) is 12.2 Å². The van der Waals surface area contributed by atoms with E-state index in [1.165, 1.54) is 173 Å². The Labute approximate surface area is 348 Å². The van der Waals surface area contributed by atoms with Crippen molar-refractivity contribution in [2.45, 2.75) is 244 Å².